The number of alkyl carbamates (subject to hydrolysis) is 1. The lowest BCUT2D eigenvalue weighted by molar-refractivity contribution is -0.0177. The fourth-order valence-electron chi connectivity index (χ4n) is 7.96. The zero-order valence-corrected chi connectivity index (χ0v) is 30.7. The molecule has 3 aromatic carbocycles. The molecule has 4 aromatic rings. The molecule has 3 heterocycles. The van der Waals surface area contributed by atoms with Crippen LogP contribution < -0.4 is 19.9 Å². The maximum atomic E-state index is 12.7. The van der Waals surface area contributed by atoms with Gasteiger partial charge in [0.05, 0.1) is 36.8 Å². The number of benzene rings is 3. The molecule has 1 saturated heterocycles. The third kappa shape index (κ3) is 7.65. The molecule has 0 bridgehead atoms. The van der Waals surface area contributed by atoms with Gasteiger partial charge in [-0.15, -0.1) is 0 Å². The van der Waals surface area contributed by atoms with Gasteiger partial charge in [0, 0.05) is 42.8 Å². The van der Waals surface area contributed by atoms with Crippen LogP contribution in [0.1, 0.15) is 63.3 Å². The number of hydrogen-bond acceptors (Lipinski definition) is 9. The quantitative estimate of drug-likeness (QED) is 0.192. The Morgan fingerprint density at radius 3 is 2.43 bits per heavy atom. The third-order valence-corrected chi connectivity index (χ3v) is 10.6. The fourth-order valence-corrected chi connectivity index (χ4v) is 7.96. The van der Waals surface area contributed by atoms with E-state index in [1.807, 2.05) is 57.2 Å². The first-order valence-electron chi connectivity index (χ1n) is 18.4. The van der Waals surface area contributed by atoms with E-state index in [1.54, 1.807) is 0 Å². The van der Waals surface area contributed by atoms with Gasteiger partial charge in [-0.2, -0.15) is 15.2 Å². The van der Waals surface area contributed by atoms with Crippen LogP contribution in [0.15, 0.2) is 72.8 Å². The Morgan fingerprint density at radius 1 is 0.962 bits per heavy atom. The van der Waals surface area contributed by atoms with Crippen molar-refractivity contribution in [3.8, 4) is 12.1 Å². The Bertz CT molecular complexity index is 2020. The summed E-state index contributed by atoms with van der Waals surface area (Å²) in [5.74, 6) is 0.706. The SMILES string of the molecule is CC(C)(C)OC(=O)NCC1(Oc2nc3c(c(N4CCN(C(=O)O)[C@](CC#N)(Cc5ccccc5)C4)n2)CCN(c2cccc4ccccc24)C3)CCC1. The van der Waals surface area contributed by atoms with Crippen molar-refractivity contribution in [1.82, 2.24) is 20.2 Å². The number of hydrogen-bond donors (Lipinski definition) is 2. The molecule has 53 heavy (non-hydrogen) atoms. The molecule has 1 aromatic heterocycles. The Morgan fingerprint density at radius 2 is 1.72 bits per heavy atom. The summed E-state index contributed by atoms with van der Waals surface area (Å²) in [6, 6.07) is 27.0. The maximum absolute atomic E-state index is 12.7. The molecular weight excluding hydrogens is 670 g/mol. The van der Waals surface area contributed by atoms with Crippen molar-refractivity contribution in [2.24, 2.45) is 0 Å². The largest absolute Gasteiger partial charge is 0.465 e. The molecule has 2 amide bonds. The number of aromatic nitrogens is 2. The fraction of sp³-hybridized carbons (Fsp3) is 0.439. The number of carbonyl (C=O) groups is 2. The van der Waals surface area contributed by atoms with E-state index in [2.05, 4.69) is 57.6 Å². The summed E-state index contributed by atoms with van der Waals surface area (Å²) in [5.41, 5.74) is 1.60. The molecule has 276 valence electrons. The highest BCUT2D eigenvalue weighted by molar-refractivity contribution is 5.94. The van der Waals surface area contributed by atoms with Gasteiger partial charge < -0.3 is 29.7 Å². The van der Waals surface area contributed by atoms with Crippen LogP contribution in [-0.4, -0.2) is 81.6 Å². The van der Waals surface area contributed by atoms with Gasteiger partial charge in [-0.1, -0.05) is 66.7 Å². The van der Waals surface area contributed by atoms with Crippen LogP contribution in [0.2, 0.25) is 0 Å². The summed E-state index contributed by atoms with van der Waals surface area (Å²) >= 11 is 0. The number of amides is 2. The number of anilines is 2. The van der Waals surface area contributed by atoms with Gasteiger partial charge >= 0.3 is 18.2 Å². The van der Waals surface area contributed by atoms with E-state index < -0.39 is 28.9 Å². The summed E-state index contributed by atoms with van der Waals surface area (Å²) in [5, 5.41) is 25.7. The summed E-state index contributed by atoms with van der Waals surface area (Å²) in [6.45, 7) is 7.89. The first kappa shape index (κ1) is 35.8. The average molecular weight is 718 g/mol. The Balaban J connectivity index is 1.26. The van der Waals surface area contributed by atoms with Crippen LogP contribution >= 0.6 is 0 Å². The summed E-state index contributed by atoms with van der Waals surface area (Å²) in [6.07, 6.45) is 1.91. The van der Waals surface area contributed by atoms with Gasteiger partial charge in [-0.05, 0) is 69.9 Å². The molecule has 7 rings (SSSR count). The minimum Gasteiger partial charge on any atom is -0.465 e. The minimum atomic E-state index is -1.04. The molecule has 0 spiro atoms. The van der Waals surface area contributed by atoms with Crippen LogP contribution in [0.5, 0.6) is 6.01 Å². The highest BCUT2D eigenvalue weighted by Crippen LogP contribution is 2.40. The van der Waals surface area contributed by atoms with E-state index in [4.69, 9.17) is 19.4 Å². The van der Waals surface area contributed by atoms with E-state index >= 15 is 0 Å². The second-order valence-corrected chi connectivity index (χ2v) is 15.5. The lowest BCUT2D eigenvalue weighted by atomic mass is 9.80. The van der Waals surface area contributed by atoms with Crippen LogP contribution in [0.4, 0.5) is 21.1 Å². The summed E-state index contributed by atoms with van der Waals surface area (Å²) in [7, 11) is 0. The van der Waals surface area contributed by atoms with Gasteiger partial charge in [0.25, 0.3) is 0 Å². The number of nitrogens with one attached hydrogen (secondary N) is 1. The van der Waals surface area contributed by atoms with Crippen molar-refractivity contribution >= 4 is 34.5 Å². The Kier molecular flexibility index (Phi) is 9.77. The number of rotatable bonds is 9. The van der Waals surface area contributed by atoms with Crippen molar-refractivity contribution in [3.05, 3.63) is 89.6 Å². The smallest absolute Gasteiger partial charge is 0.407 e. The molecule has 0 radical (unpaired) electrons. The van der Waals surface area contributed by atoms with Crippen molar-refractivity contribution < 1.29 is 24.2 Å². The number of nitriles is 1. The van der Waals surface area contributed by atoms with Gasteiger partial charge in [0.2, 0.25) is 0 Å². The first-order valence-corrected chi connectivity index (χ1v) is 18.4. The number of ether oxygens (including phenoxy) is 2. The molecule has 1 aliphatic carbocycles. The van der Waals surface area contributed by atoms with Gasteiger partial charge in [0.15, 0.2) is 0 Å². The van der Waals surface area contributed by atoms with Crippen LogP contribution in [0.25, 0.3) is 10.8 Å². The van der Waals surface area contributed by atoms with Crippen molar-refractivity contribution in [3.63, 3.8) is 0 Å². The highest BCUT2D eigenvalue weighted by atomic mass is 16.6. The van der Waals surface area contributed by atoms with Crippen LogP contribution in [0.3, 0.4) is 0 Å². The molecule has 2 N–H and O–H groups in total. The Hall–Kier alpha value is -5.57. The second kappa shape index (κ2) is 14.5. The zero-order chi connectivity index (χ0) is 37.2. The normalized spacial score (nSPS) is 19.5. The van der Waals surface area contributed by atoms with Crippen molar-refractivity contribution in [2.45, 2.75) is 82.6 Å². The molecule has 0 unspecified atom stereocenters. The molecular formula is C41H47N7O5. The first-order chi connectivity index (χ1) is 25.5. The predicted molar refractivity (Wildman–Crippen MR) is 202 cm³/mol. The minimum absolute atomic E-state index is 0.0234. The lowest BCUT2D eigenvalue weighted by Crippen LogP contribution is -2.65. The summed E-state index contributed by atoms with van der Waals surface area (Å²) in [4.78, 5) is 41.4. The monoisotopic (exact) mass is 717 g/mol. The predicted octanol–water partition coefficient (Wildman–Crippen LogP) is 6.71. The molecule has 2 aliphatic heterocycles. The van der Waals surface area contributed by atoms with Crippen molar-refractivity contribution in [1.29, 1.82) is 5.26 Å². The highest BCUT2D eigenvalue weighted by Gasteiger charge is 2.46. The van der Waals surface area contributed by atoms with Crippen molar-refractivity contribution in [2.75, 3.05) is 42.5 Å². The van der Waals surface area contributed by atoms with Crippen LogP contribution in [0, 0.1) is 11.3 Å². The van der Waals surface area contributed by atoms with Gasteiger partial charge in [-0.3, -0.25) is 4.90 Å². The lowest BCUT2D eigenvalue weighted by Gasteiger charge is -2.49. The maximum Gasteiger partial charge on any atom is 0.407 e. The topological polar surface area (TPSA) is 144 Å². The molecule has 1 saturated carbocycles. The van der Waals surface area contributed by atoms with E-state index in [-0.39, 0.29) is 32.1 Å². The summed E-state index contributed by atoms with van der Waals surface area (Å²) < 4.78 is 12.2. The average Bonchev–Trinajstić information content (AvgIpc) is 3.11. The Labute approximate surface area is 310 Å². The molecule has 12 heteroatoms. The number of piperazine rings is 1. The second-order valence-electron chi connectivity index (χ2n) is 15.5. The molecule has 2 fully saturated rings. The molecule has 12 nitrogen and oxygen atoms in total. The number of carbonyl (C=O) groups excluding carboxylic acids is 1. The molecule has 3 aliphatic rings. The van der Waals surface area contributed by atoms with Crippen LogP contribution in [-0.2, 0) is 24.1 Å². The van der Waals surface area contributed by atoms with Gasteiger partial charge in [0.1, 0.15) is 17.0 Å². The standard InChI is InChI=1S/C41H47N7O5/c1-39(2,3)53-37(49)43-27-41(18-10-19-41)52-36-44-33-26-46(34-16-9-14-30-13-7-8-15-31(30)34)22-17-32(33)35(45-36)47-23-24-48(38(50)51)40(28-47,20-21-42)25-29-11-5-4-6-12-29/h4-9,11-16H,10,17-20,22-28H2,1-3H3,(H,43,49)(H,50,51)/t40-/m1/s1. The van der Waals surface area contributed by atoms with E-state index in [0.29, 0.717) is 31.7 Å². The number of carboxylic acid groups (broad SMARTS) is 1. The number of nitrogens with zero attached hydrogens (tertiary/aromatic N) is 6. The van der Waals surface area contributed by atoms with E-state index in [9.17, 15) is 20.0 Å². The van der Waals surface area contributed by atoms with Gasteiger partial charge in [-0.25, -0.2) is 9.59 Å². The number of fused-ring (bicyclic) bond motifs is 2. The van der Waals surface area contributed by atoms with E-state index in [1.165, 1.54) is 4.90 Å². The van der Waals surface area contributed by atoms with E-state index in [0.717, 1.165) is 59.1 Å². The third-order valence-electron chi connectivity index (χ3n) is 10.6. The molecule has 1 atom stereocenters. The zero-order valence-electron chi connectivity index (χ0n) is 30.7.